The maximum absolute atomic E-state index is 12.0. The van der Waals surface area contributed by atoms with E-state index in [0.717, 1.165) is 4.90 Å². The number of hydrogen-bond donors (Lipinski definition) is 1. The molecule has 0 aliphatic carbocycles. The van der Waals surface area contributed by atoms with Gasteiger partial charge in [-0.2, -0.15) is 0 Å². The first-order chi connectivity index (χ1) is 7.95. The second-order valence-corrected chi connectivity index (χ2v) is 3.68. The normalized spacial score (nSPS) is 11.7. The van der Waals surface area contributed by atoms with Crippen molar-refractivity contribution in [2.24, 2.45) is 0 Å². The molecule has 1 atom stereocenters. The van der Waals surface area contributed by atoms with Crippen molar-refractivity contribution in [3.05, 3.63) is 24.5 Å². The maximum Gasteiger partial charge on any atom is 0.326 e. The van der Waals surface area contributed by atoms with E-state index >= 15 is 0 Å². The van der Waals surface area contributed by atoms with Gasteiger partial charge in [0.2, 0.25) is 0 Å². The number of aliphatic carboxylic acids is 1. The van der Waals surface area contributed by atoms with Gasteiger partial charge >= 0.3 is 12.0 Å². The number of rotatable bonds is 3. The number of anilines is 1. The summed E-state index contributed by atoms with van der Waals surface area (Å²) in [4.78, 5) is 29.1. The molecule has 0 spiro atoms. The summed E-state index contributed by atoms with van der Waals surface area (Å²) in [5, 5.41) is 8.83. The van der Waals surface area contributed by atoms with Crippen LogP contribution in [0.3, 0.4) is 0 Å². The standard InChI is InChI=1S/C11H15N3O3/c1-8(10(15)16)13(2)11(17)14(3)9-5-4-6-12-7-9/h4-8H,1-3H3,(H,15,16). The third-order valence-corrected chi connectivity index (χ3v) is 2.56. The Morgan fingerprint density at radius 3 is 2.53 bits per heavy atom. The molecule has 1 N–H and O–H groups in total. The van der Waals surface area contributed by atoms with Crippen LogP contribution in [0, 0.1) is 0 Å². The highest BCUT2D eigenvalue weighted by Crippen LogP contribution is 2.12. The van der Waals surface area contributed by atoms with Gasteiger partial charge < -0.3 is 10.0 Å². The minimum Gasteiger partial charge on any atom is -0.480 e. The van der Waals surface area contributed by atoms with Gasteiger partial charge in [0.15, 0.2) is 0 Å². The Kier molecular flexibility index (Phi) is 4.03. The van der Waals surface area contributed by atoms with E-state index in [0.29, 0.717) is 5.69 Å². The molecule has 0 aliphatic rings. The lowest BCUT2D eigenvalue weighted by Gasteiger charge is -2.27. The molecule has 17 heavy (non-hydrogen) atoms. The van der Waals surface area contributed by atoms with E-state index in [4.69, 9.17) is 5.11 Å². The first kappa shape index (κ1) is 13.0. The first-order valence-electron chi connectivity index (χ1n) is 5.08. The molecule has 0 bridgehead atoms. The van der Waals surface area contributed by atoms with Gasteiger partial charge in [-0.1, -0.05) is 0 Å². The summed E-state index contributed by atoms with van der Waals surface area (Å²) < 4.78 is 0. The van der Waals surface area contributed by atoms with Crippen LogP contribution in [0.2, 0.25) is 0 Å². The lowest BCUT2D eigenvalue weighted by atomic mass is 10.3. The van der Waals surface area contributed by atoms with Gasteiger partial charge in [-0.3, -0.25) is 9.88 Å². The van der Waals surface area contributed by atoms with E-state index in [-0.39, 0.29) is 0 Å². The number of carbonyl (C=O) groups excluding carboxylic acids is 1. The molecule has 1 unspecified atom stereocenters. The monoisotopic (exact) mass is 237 g/mol. The molecule has 0 aliphatic heterocycles. The lowest BCUT2D eigenvalue weighted by Crippen LogP contribution is -2.46. The summed E-state index contributed by atoms with van der Waals surface area (Å²) in [6, 6.07) is 2.17. The third-order valence-electron chi connectivity index (χ3n) is 2.56. The number of likely N-dealkylation sites (N-methyl/N-ethyl adjacent to an activating group) is 1. The summed E-state index contributed by atoms with van der Waals surface area (Å²) in [6.07, 6.45) is 3.14. The van der Waals surface area contributed by atoms with Crippen LogP contribution in [0.5, 0.6) is 0 Å². The van der Waals surface area contributed by atoms with Crippen molar-refractivity contribution in [2.45, 2.75) is 13.0 Å². The Morgan fingerprint density at radius 1 is 1.41 bits per heavy atom. The number of carboxylic acid groups (broad SMARTS) is 1. The number of carboxylic acids is 1. The molecule has 2 amide bonds. The van der Waals surface area contributed by atoms with Crippen LogP contribution in [0.4, 0.5) is 10.5 Å². The SMILES string of the molecule is CC(C(=O)O)N(C)C(=O)N(C)c1cccnc1. The molecule has 6 nitrogen and oxygen atoms in total. The van der Waals surface area contributed by atoms with E-state index in [1.54, 1.807) is 25.4 Å². The minimum absolute atomic E-state index is 0.395. The van der Waals surface area contributed by atoms with Crippen molar-refractivity contribution >= 4 is 17.7 Å². The molecule has 0 fully saturated rings. The van der Waals surface area contributed by atoms with Gasteiger partial charge in [0.1, 0.15) is 6.04 Å². The third kappa shape index (κ3) is 2.93. The molecule has 0 saturated heterocycles. The molecule has 1 aromatic rings. The molecule has 0 aromatic carbocycles. The van der Waals surface area contributed by atoms with Crippen LogP contribution in [0.15, 0.2) is 24.5 Å². The predicted molar refractivity (Wildman–Crippen MR) is 62.9 cm³/mol. The van der Waals surface area contributed by atoms with E-state index in [1.807, 2.05) is 0 Å². The number of urea groups is 1. The van der Waals surface area contributed by atoms with Crippen LogP contribution in [0.1, 0.15) is 6.92 Å². The van der Waals surface area contributed by atoms with Crippen molar-refractivity contribution in [1.29, 1.82) is 0 Å². The van der Waals surface area contributed by atoms with Crippen molar-refractivity contribution < 1.29 is 14.7 Å². The molecule has 1 heterocycles. The van der Waals surface area contributed by atoms with Gasteiger partial charge in [0.05, 0.1) is 11.9 Å². The molecule has 6 heteroatoms. The quantitative estimate of drug-likeness (QED) is 0.852. The van der Waals surface area contributed by atoms with Crippen LogP contribution < -0.4 is 4.90 Å². The fourth-order valence-electron chi connectivity index (χ4n) is 1.23. The molecule has 1 aromatic heterocycles. The second-order valence-electron chi connectivity index (χ2n) is 3.68. The van der Waals surface area contributed by atoms with Crippen LogP contribution in [-0.4, -0.2) is 47.1 Å². The van der Waals surface area contributed by atoms with Gasteiger partial charge in [-0.05, 0) is 19.1 Å². The highest BCUT2D eigenvalue weighted by atomic mass is 16.4. The van der Waals surface area contributed by atoms with E-state index in [9.17, 15) is 9.59 Å². The smallest absolute Gasteiger partial charge is 0.326 e. The molecule has 0 saturated carbocycles. The first-order valence-corrected chi connectivity index (χ1v) is 5.08. The maximum atomic E-state index is 12.0. The van der Waals surface area contributed by atoms with Crippen molar-refractivity contribution in [3.63, 3.8) is 0 Å². The van der Waals surface area contributed by atoms with E-state index < -0.39 is 18.0 Å². The summed E-state index contributed by atoms with van der Waals surface area (Å²) in [6.45, 7) is 1.46. The summed E-state index contributed by atoms with van der Waals surface area (Å²) in [5.74, 6) is -1.04. The summed E-state index contributed by atoms with van der Waals surface area (Å²) in [7, 11) is 3.03. The number of amides is 2. The highest BCUT2D eigenvalue weighted by molar-refractivity contribution is 5.93. The van der Waals surface area contributed by atoms with Crippen LogP contribution >= 0.6 is 0 Å². The molecule has 1 rings (SSSR count). The van der Waals surface area contributed by atoms with Crippen molar-refractivity contribution in [2.75, 3.05) is 19.0 Å². The summed E-state index contributed by atoms with van der Waals surface area (Å²) in [5.41, 5.74) is 0.613. The minimum atomic E-state index is -1.04. The average molecular weight is 237 g/mol. The second kappa shape index (κ2) is 5.29. The molecule has 92 valence electrons. The Balaban J connectivity index is 2.80. The Hall–Kier alpha value is -2.11. The van der Waals surface area contributed by atoms with Gasteiger partial charge in [-0.25, -0.2) is 9.59 Å². The fraction of sp³-hybridized carbons (Fsp3) is 0.364. The molecular weight excluding hydrogens is 222 g/mol. The number of pyridine rings is 1. The summed E-state index contributed by atoms with van der Waals surface area (Å²) >= 11 is 0. The zero-order valence-electron chi connectivity index (χ0n) is 9.99. The number of carbonyl (C=O) groups is 2. The highest BCUT2D eigenvalue weighted by Gasteiger charge is 2.24. The van der Waals surface area contributed by atoms with Crippen LogP contribution in [0.25, 0.3) is 0 Å². The van der Waals surface area contributed by atoms with E-state index in [1.165, 1.54) is 25.1 Å². The number of aromatic nitrogens is 1. The average Bonchev–Trinajstić information content (AvgIpc) is 2.36. The molecular formula is C11H15N3O3. The Bertz CT molecular complexity index is 408. The predicted octanol–water partition coefficient (Wildman–Crippen LogP) is 1.04. The zero-order valence-corrected chi connectivity index (χ0v) is 9.99. The van der Waals surface area contributed by atoms with Gasteiger partial charge in [0, 0.05) is 20.3 Å². The van der Waals surface area contributed by atoms with Crippen LogP contribution in [-0.2, 0) is 4.79 Å². The fourth-order valence-corrected chi connectivity index (χ4v) is 1.23. The topological polar surface area (TPSA) is 73.7 Å². The van der Waals surface area contributed by atoms with Gasteiger partial charge in [-0.15, -0.1) is 0 Å². The Labute approximate surface area is 99.5 Å². The Morgan fingerprint density at radius 2 is 2.06 bits per heavy atom. The number of hydrogen-bond acceptors (Lipinski definition) is 3. The lowest BCUT2D eigenvalue weighted by molar-refractivity contribution is -0.141. The van der Waals surface area contributed by atoms with Crippen molar-refractivity contribution in [1.82, 2.24) is 9.88 Å². The largest absolute Gasteiger partial charge is 0.480 e. The van der Waals surface area contributed by atoms with E-state index in [2.05, 4.69) is 4.98 Å². The zero-order chi connectivity index (χ0) is 13.0. The van der Waals surface area contributed by atoms with Gasteiger partial charge in [0.25, 0.3) is 0 Å². The van der Waals surface area contributed by atoms with Crippen molar-refractivity contribution in [3.8, 4) is 0 Å². The molecule has 0 radical (unpaired) electrons. The number of nitrogens with zero attached hydrogens (tertiary/aromatic N) is 3.